The zero-order chi connectivity index (χ0) is 15.2. The number of ether oxygens (including phenoxy) is 1. The lowest BCUT2D eigenvalue weighted by Gasteiger charge is -2.37. The monoisotopic (exact) mass is 285 g/mol. The van der Waals surface area contributed by atoms with Crippen molar-refractivity contribution in [2.75, 3.05) is 53.0 Å². The Kier molecular flexibility index (Phi) is 6.92. The Morgan fingerprint density at radius 1 is 1.25 bits per heavy atom. The topological polar surface area (TPSA) is 44.8 Å². The Labute approximate surface area is 123 Å². The number of nitrogens with one attached hydrogen (secondary N) is 1. The van der Waals surface area contributed by atoms with Crippen molar-refractivity contribution in [1.29, 1.82) is 0 Å². The molecule has 5 nitrogen and oxygen atoms in total. The molecule has 1 amide bonds. The van der Waals surface area contributed by atoms with Gasteiger partial charge in [0, 0.05) is 45.9 Å². The third kappa shape index (κ3) is 6.68. The van der Waals surface area contributed by atoms with Crippen molar-refractivity contribution in [2.45, 2.75) is 33.7 Å². The minimum atomic E-state index is 0.137. The Bertz CT molecular complexity index is 294. The van der Waals surface area contributed by atoms with Crippen LogP contribution in [0, 0.1) is 5.41 Å². The van der Waals surface area contributed by atoms with Crippen LogP contribution in [0.3, 0.4) is 0 Å². The molecule has 1 heterocycles. The van der Waals surface area contributed by atoms with E-state index in [1.807, 2.05) is 0 Å². The van der Waals surface area contributed by atoms with Crippen LogP contribution in [0.2, 0.25) is 0 Å². The fourth-order valence-electron chi connectivity index (χ4n) is 2.33. The number of hydrogen-bond donors (Lipinski definition) is 1. The lowest BCUT2D eigenvalue weighted by Crippen LogP contribution is -2.52. The van der Waals surface area contributed by atoms with Crippen LogP contribution in [0.15, 0.2) is 0 Å². The summed E-state index contributed by atoms with van der Waals surface area (Å²) in [6.45, 7) is 14.5. The molecule has 1 unspecified atom stereocenters. The number of carbonyl (C=O) groups is 1. The number of piperazine rings is 1. The molecular formula is C15H31N3O2. The van der Waals surface area contributed by atoms with Gasteiger partial charge in [0.25, 0.3) is 0 Å². The van der Waals surface area contributed by atoms with Crippen molar-refractivity contribution in [1.82, 2.24) is 15.1 Å². The smallest absolute Gasteiger partial charge is 0.234 e. The Hall–Kier alpha value is -0.650. The first-order valence-corrected chi connectivity index (χ1v) is 7.54. The molecule has 1 rings (SSSR count). The molecule has 0 aromatic heterocycles. The van der Waals surface area contributed by atoms with E-state index in [4.69, 9.17) is 4.74 Å². The van der Waals surface area contributed by atoms with Gasteiger partial charge in [0.15, 0.2) is 0 Å². The molecule has 1 aliphatic rings. The van der Waals surface area contributed by atoms with Crippen LogP contribution in [-0.4, -0.2) is 74.7 Å². The normalized spacial score (nSPS) is 19.9. The van der Waals surface area contributed by atoms with Gasteiger partial charge in [-0.2, -0.15) is 0 Å². The third-order valence-electron chi connectivity index (χ3n) is 3.62. The van der Waals surface area contributed by atoms with Gasteiger partial charge in [-0.05, 0) is 12.3 Å². The van der Waals surface area contributed by atoms with E-state index in [0.717, 1.165) is 39.3 Å². The van der Waals surface area contributed by atoms with Gasteiger partial charge in [-0.1, -0.05) is 20.8 Å². The number of hydrogen-bond acceptors (Lipinski definition) is 4. The van der Waals surface area contributed by atoms with Gasteiger partial charge in [-0.15, -0.1) is 0 Å². The van der Waals surface area contributed by atoms with E-state index in [1.54, 1.807) is 7.11 Å². The molecule has 0 aromatic rings. The fourth-order valence-corrected chi connectivity index (χ4v) is 2.33. The van der Waals surface area contributed by atoms with Crippen molar-refractivity contribution in [3.8, 4) is 0 Å². The van der Waals surface area contributed by atoms with Crippen LogP contribution in [-0.2, 0) is 9.53 Å². The van der Waals surface area contributed by atoms with Gasteiger partial charge in [0.2, 0.25) is 5.91 Å². The van der Waals surface area contributed by atoms with E-state index in [2.05, 4.69) is 42.8 Å². The number of rotatable bonds is 6. The molecule has 1 aliphatic heterocycles. The molecule has 0 saturated carbocycles. The Morgan fingerprint density at radius 2 is 1.85 bits per heavy atom. The molecule has 0 radical (unpaired) electrons. The van der Waals surface area contributed by atoms with Gasteiger partial charge in [-0.3, -0.25) is 14.6 Å². The first-order valence-electron chi connectivity index (χ1n) is 7.54. The first kappa shape index (κ1) is 17.4. The van der Waals surface area contributed by atoms with Crippen molar-refractivity contribution in [2.24, 2.45) is 5.41 Å². The summed E-state index contributed by atoms with van der Waals surface area (Å²) in [5.74, 6) is 0.137. The standard InChI is InChI=1S/C15H31N3O2/c1-13(11-20-5)18-8-6-17(7-9-18)10-14(19)16-12-15(2,3)4/h13H,6-12H2,1-5H3,(H,16,19). The van der Waals surface area contributed by atoms with Crippen molar-refractivity contribution in [3.63, 3.8) is 0 Å². The summed E-state index contributed by atoms with van der Waals surface area (Å²) in [5.41, 5.74) is 0.143. The summed E-state index contributed by atoms with van der Waals surface area (Å²) in [7, 11) is 1.74. The lowest BCUT2D eigenvalue weighted by atomic mass is 9.97. The lowest BCUT2D eigenvalue weighted by molar-refractivity contribution is -0.123. The van der Waals surface area contributed by atoms with E-state index in [0.29, 0.717) is 12.6 Å². The van der Waals surface area contributed by atoms with Crippen LogP contribution in [0.5, 0.6) is 0 Å². The van der Waals surface area contributed by atoms with Gasteiger partial charge in [0.05, 0.1) is 13.2 Å². The third-order valence-corrected chi connectivity index (χ3v) is 3.62. The molecule has 0 aliphatic carbocycles. The molecule has 1 N–H and O–H groups in total. The largest absolute Gasteiger partial charge is 0.383 e. The molecule has 1 saturated heterocycles. The zero-order valence-electron chi connectivity index (χ0n) is 13.7. The molecule has 0 spiro atoms. The highest BCUT2D eigenvalue weighted by Crippen LogP contribution is 2.10. The summed E-state index contributed by atoms with van der Waals surface area (Å²) in [6, 6.07) is 0.455. The number of carbonyl (C=O) groups excluding carboxylic acids is 1. The predicted octanol–water partition coefficient (Wildman–Crippen LogP) is 0.801. The SMILES string of the molecule is COCC(C)N1CCN(CC(=O)NCC(C)(C)C)CC1. The van der Waals surface area contributed by atoms with Crippen LogP contribution in [0.1, 0.15) is 27.7 Å². The molecule has 118 valence electrons. The second-order valence-electron chi connectivity index (χ2n) is 6.95. The van der Waals surface area contributed by atoms with E-state index < -0.39 is 0 Å². The molecule has 1 fully saturated rings. The van der Waals surface area contributed by atoms with E-state index >= 15 is 0 Å². The Balaban J connectivity index is 2.23. The molecule has 0 aromatic carbocycles. The van der Waals surface area contributed by atoms with Crippen LogP contribution >= 0.6 is 0 Å². The zero-order valence-corrected chi connectivity index (χ0v) is 13.7. The molecule has 5 heteroatoms. The molecule has 0 bridgehead atoms. The Morgan fingerprint density at radius 3 is 2.35 bits per heavy atom. The van der Waals surface area contributed by atoms with Crippen molar-refractivity contribution < 1.29 is 9.53 Å². The second kappa shape index (κ2) is 7.96. The summed E-state index contributed by atoms with van der Waals surface area (Å²) in [6.07, 6.45) is 0. The van der Waals surface area contributed by atoms with E-state index in [-0.39, 0.29) is 11.3 Å². The number of nitrogens with zero attached hydrogens (tertiary/aromatic N) is 2. The van der Waals surface area contributed by atoms with E-state index in [1.165, 1.54) is 0 Å². The van der Waals surface area contributed by atoms with Crippen LogP contribution < -0.4 is 5.32 Å². The highest BCUT2D eigenvalue weighted by molar-refractivity contribution is 5.78. The fraction of sp³-hybridized carbons (Fsp3) is 0.933. The van der Waals surface area contributed by atoms with E-state index in [9.17, 15) is 4.79 Å². The maximum Gasteiger partial charge on any atom is 0.234 e. The first-order chi connectivity index (χ1) is 9.31. The maximum absolute atomic E-state index is 11.9. The van der Waals surface area contributed by atoms with Gasteiger partial charge in [-0.25, -0.2) is 0 Å². The van der Waals surface area contributed by atoms with Crippen LogP contribution in [0.4, 0.5) is 0 Å². The minimum absolute atomic E-state index is 0.137. The molecule has 20 heavy (non-hydrogen) atoms. The molecular weight excluding hydrogens is 254 g/mol. The average Bonchev–Trinajstić information content (AvgIpc) is 2.37. The maximum atomic E-state index is 11.9. The number of methoxy groups -OCH3 is 1. The summed E-state index contributed by atoms with van der Waals surface area (Å²) in [4.78, 5) is 16.5. The van der Waals surface area contributed by atoms with Gasteiger partial charge >= 0.3 is 0 Å². The summed E-state index contributed by atoms with van der Waals surface area (Å²) >= 11 is 0. The predicted molar refractivity (Wildman–Crippen MR) is 81.8 cm³/mol. The van der Waals surface area contributed by atoms with Crippen molar-refractivity contribution in [3.05, 3.63) is 0 Å². The van der Waals surface area contributed by atoms with Gasteiger partial charge < -0.3 is 10.1 Å². The average molecular weight is 285 g/mol. The summed E-state index contributed by atoms with van der Waals surface area (Å²) < 4.78 is 5.19. The summed E-state index contributed by atoms with van der Waals surface area (Å²) in [5, 5.41) is 3.01. The highest BCUT2D eigenvalue weighted by atomic mass is 16.5. The molecule has 1 atom stereocenters. The second-order valence-corrected chi connectivity index (χ2v) is 6.95. The number of amides is 1. The van der Waals surface area contributed by atoms with Crippen molar-refractivity contribution >= 4 is 5.91 Å². The highest BCUT2D eigenvalue weighted by Gasteiger charge is 2.22. The minimum Gasteiger partial charge on any atom is -0.383 e. The van der Waals surface area contributed by atoms with Gasteiger partial charge in [0.1, 0.15) is 0 Å². The van der Waals surface area contributed by atoms with Crippen LogP contribution in [0.25, 0.3) is 0 Å². The quantitative estimate of drug-likeness (QED) is 0.784.